The summed E-state index contributed by atoms with van der Waals surface area (Å²) in [5.41, 5.74) is 3.60. The number of aromatic nitrogens is 2. The summed E-state index contributed by atoms with van der Waals surface area (Å²) < 4.78 is 5.01. The molecule has 23 heavy (non-hydrogen) atoms. The van der Waals surface area contributed by atoms with Crippen molar-refractivity contribution in [2.24, 2.45) is 0 Å². The smallest absolute Gasteiger partial charge is 0.340 e. The van der Waals surface area contributed by atoms with Crippen LogP contribution < -0.4 is 0 Å². The van der Waals surface area contributed by atoms with E-state index in [-0.39, 0.29) is 6.61 Å². The van der Waals surface area contributed by atoms with Crippen LogP contribution in [-0.4, -0.2) is 22.5 Å². The minimum absolute atomic E-state index is 0.282. The fourth-order valence-electron chi connectivity index (χ4n) is 2.58. The van der Waals surface area contributed by atoms with Crippen LogP contribution >= 0.6 is 0 Å². The number of pyridine rings is 1. The lowest BCUT2D eigenvalue weighted by Gasteiger charge is -2.09. The van der Waals surface area contributed by atoms with Crippen LogP contribution in [0.25, 0.3) is 22.2 Å². The second-order valence-electron chi connectivity index (χ2n) is 5.10. The van der Waals surface area contributed by atoms with Gasteiger partial charge in [0.25, 0.3) is 0 Å². The van der Waals surface area contributed by atoms with Gasteiger partial charge in [-0.1, -0.05) is 18.2 Å². The fourth-order valence-corrected chi connectivity index (χ4v) is 2.58. The zero-order valence-electron chi connectivity index (χ0n) is 12.9. The first-order chi connectivity index (χ1) is 11.2. The van der Waals surface area contributed by atoms with Crippen molar-refractivity contribution in [3.8, 4) is 17.3 Å². The summed E-state index contributed by atoms with van der Waals surface area (Å²) in [4.78, 5) is 19.6. The Bertz CT molecular complexity index is 935. The number of esters is 1. The molecule has 0 aliphatic rings. The molecule has 0 atom stereocenters. The number of carbonyl (C=O) groups is 1. The Hall–Kier alpha value is -3.13. The average Bonchev–Trinajstić information content (AvgIpc) is 2.98. The van der Waals surface area contributed by atoms with Gasteiger partial charge in [-0.3, -0.25) is 4.98 Å². The summed E-state index contributed by atoms with van der Waals surface area (Å²) >= 11 is 0. The summed E-state index contributed by atoms with van der Waals surface area (Å²) in [7, 11) is 0. The third kappa shape index (κ3) is 2.55. The molecule has 0 unspecified atom stereocenters. The molecule has 0 aliphatic heterocycles. The number of hydrogen-bond acceptors (Lipinski definition) is 4. The third-order valence-electron chi connectivity index (χ3n) is 3.67. The van der Waals surface area contributed by atoms with E-state index in [4.69, 9.17) is 4.74 Å². The molecule has 2 heterocycles. The number of aryl methyl sites for hydroxylation is 1. The van der Waals surface area contributed by atoms with Gasteiger partial charge in [-0.2, -0.15) is 5.26 Å². The predicted octanol–water partition coefficient (Wildman–Crippen LogP) is 3.59. The second kappa shape index (κ2) is 5.93. The van der Waals surface area contributed by atoms with E-state index >= 15 is 0 Å². The molecule has 0 fully saturated rings. The fraction of sp³-hybridized carbons (Fsp3) is 0.167. The van der Waals surface area contributed by atoms with Crippen LogP contribution in [0, 0.1) is 18.3 Å². The van der Waals surface area contributed by atoms with Gasteiger partial charge < -0.3 is 9.72 Å². The maximum Gasteiger partial charge on any atom is 0.340 e. The Morgan fingerprint density at radius 3 is 2.91 bits per heavy atom. The van der Waals surface area contributed by atoms with Crippen molar-refractivity contribution in [2.45, 2.75) is 13.8 Å². The molecule has 3 rings (SSSR count). The Labute approximate surface area is 133 Å². The number of para-hydroxylation sites is 1. The predicted molar refractivity (Wildman–Crippen MR) is 86.9 cm³/mol. The highest BCUT2D eigenvalue weighted by molar-refractivity contribution is 5.97. The molecule has 0 radical (unpaired) electrons. The SMILES string of the molecule is CCOC(=O)c1cc(C#N)c(-c2c[nH]c3ccccc23)nc1C. The van der Waals surface area contributed by atoms with Crippen LogP contribution in [0.4, 0.5) is 0 Å². The maximum absolute atomic E-state index is 12.0. The minimum atomic E-state index is -0.459. The third-order valence-corrected chi connectivity index (χ3v) is 3.67. The zero-order valence-corrected chi connectivity index (χ0v) is 12.9. The summed E-state index contributed by atoms with van der Waals surface area (Å²) in [5.74, 6) is -0.459. The van der Waals surface area contributed by atoms with Crippen LogP contribution in [0.5, 0.6) is 0 Å². The molecule has 0 bridgehead atoms. The van der Waals surface area contributed by atoms with Crippen LogP contribution in [0.2, 0.25) is 0 Å². The van der Waals surface area contributed by atoms with Crippen molar-refractivity contribution in [1.82, 2.24) is 9.97 Å². The molecule has 3 aromatic rings. The van der Waals surface area contributed by atoms with E-state index in [9.17, 15) is 10.1 Å². The molecule has 0 spiro atoms. The van der Waals surface area contributed by atoms with Gasteiger partial charge >= 0.3 is 5.97 Å². The van der Waals surface area contributed by atoms with Gasteiger partial charge in [0.15, 0.2) is 0 Å². The van der Waals surface area contributed by atoms with Gasteiger partial charge in [0.05, 0.1) is 29.1 Å². The Morgan fingerprint density at radius 1 is 1.39 bits per heavy atom. The topological polar surface area (TPSA) is 78.8 Å². The number of nitrogens with zero attached hydrogens (tertiary/aromatic N) is 2. The molecular formula is C18H15N3O2. The molecular weight excluding hydrogens is 290 g/mol. The van der Waals surface area contributed by atoms with E-state index in [0.29, 0.717) is 22.5 Å². The van der Waals surface area contributed by atoms with Gasteiger partial charge in [-0.05, 0) is 26.0 Å². The number of nitrogens with one attached hydrogen (secondary N) is 1. The standard InChI is InChI=1S/C18H15N3O2/c1-3-23-18(22)14-8-12(9-19)17(21-11(14)2)15-10-20-16-7-5-4-6-13(15)16/h4-8,10,20H,3H2,1-2H3. The number of hydrogen-bond donors (Lipinski definition) is 1. The molecule has 0 amide bonds. The van der Waals surface area contributed by atoms with E-state index in [2.05, 4.69) is 16.0 Å². The first-order valence-electron chi connectivity index (χ1n) is 7.31. The summed E-state index contributed by atoms with van der Waals surface area (Å²) in [6, 6.07) is 11.5. The Morgan fingerprint density at radius 2 is 2.17 bits per heavy atom. The minimum Gasteiger partial charge on any atom is -0.462 e. The number of H-pyrrole nitrogens is 1. The van der Waals surface area contributed by atoms with Crippen molar-refractivity contribution >= 4 is 16.9 Å². The zero-order chi connectivity index (χ0) is 16.4. The van der Waals surface area contributed by atoms with Crippen molar-refractivity contribution in [3.63, 3.8) is 0 Å². The molecule has 0 saturated heterocycles. The van der Waals surface area contributed by atoms with E-state index in [1.807, 2.05) is 30.5 Å². The number of aromatic amines is 1. The van der Waals surface area contributed by atoms with Crippen molar-refractivity contribution < 1.29 is 9.53 Å². The highest BCUT2D eigenvalue weighted by atomic mass is 16.5. The number of fused-ring (bicyclic) bond motifs is 1. The monoisotopic (exact) mass is 305 g/mol. The molecule has 2 aromatic heterocycles. The lowest BCUT2D eigenvalue weighted by Crippen LogP contribution is -2.09. The van der Waals surface area contributed by atoms with E-state index in [0.717, 1.165) is 16.5 Å². The van der Waals surface area contributed by atoms with E-state index in [1.54, 1.807) is 19.9 Å². The normalized spacial score (nSPS) is 10.5. The largest absolute Gasteiger partial charge is 0.462 e. The van der Waals surface area contributed by atoms with Crippen LogP contribution in [0.3, 0.4) is 0 Å². The summed E-state index contributed by atoms with van der Waals surface area (Å²) in [6.07, 6.45) is 1.83. The van der Waals surface area contributed by atoms with Gasteiger partial charge in [-0.25, -0.2) is 4.79 Å². The van der Waals surface area contributed by atoms with Gasteiger partial charge in [0.1, 0.15) is 6.07 Å². The maximum atomic E-state index is 12.0. The van der Waals surface area contributed by atoms with Gasteiger partial charge in [0, 0.05) is 22.7 Å². The molecule has 0 saturated carbocycles. The number of rotatable bonds is 3. The lowest BCUT2D eigenvalue weighted by molar-refractivity contribution is 0.0525. The lowest BCUT2D eigenvalue weighted by atomic mass is 10.0. The van der Waals surface area contributed by atoms with E-state index < -0.39 is 5.97 Å². The van der Waals surface area contributed by atoms with Crippen LogP contribution in [0.1, 0.15) is 28.5 Å². The molecule has 5 nitrogen and oxygen atoms in total. The van der Waals surface area contributed by atoms with E-state index in [1.165, 1.54) is 0 Å². The number of benzene rings is 1. The first kappa shape index (κ1) is 14.8. The highest BCUT2D eigenvalue weighted by Crippen LogP contribution is 2.30. The molecule has 1 aromatic carbocycles. The highest BCUT2D eigenvalue weighted by Gasteiger charge is 2.18. The van der Waals surface area contributed by atoms with Crippen LogP contribution in [-0.2, 0) is 4.74 Å². The first-order valence-corrected chi connectivity index (χ1v) is 7.31. The summed E-state index contributed by atoms with van der Waals surface area (Å²) in [5, 5.41) is 10.4. The Kier molecular flexibility index (Phi) is 3.82. The number of carbonyl (C=O) groups excluding carboxylic acids is 1. The molecule has 1 N–H and O–H groups in total. The average molecular weight is 305 g/mol. The molecule has 0 aliphatic carbocycles. The number of nitriles is 1. The van der Waals surface area contributed by atoms with Gasteiger partial charge in [0.2, 0.25) is 0 Å². The van der Waals surface area contributed by atoms with Crippen molar-refractivity contribution in [2.75, 3.05) is 6.61 Å². The Balaban J connectivity index is 2.19. The van der Waals surface area contributed by atoms with Crippen LogP contribution in [0.15, 0.2) is 36.5 Å². The van der Waals surface area contributed by atoms with Crippen molar-refractivity contribution in [1.29, 1.82) is 5.26 Å². The van der Waals surface area contributed by atoms with Crippen molar-refractivity contribution in [3.05, 3.63) is 53.3 Å². The number of ether oxygens (including phenoxy) is 1. The quantitative estimate of drug-likeness (QED) is 0.750. The second-order valence-corrected chi connectivity index (χ2v) is 5.10. The summed E-state index contributed by atoms with van der Waals surface area (Å²) in [6.45, 7) is 3.77. The van der Waals surface area contributed by atoms with Gasteiger partial charge in [-0.15, -0.1) is 0 Å². The molecule has 5 heteroatoms. The molecule has 114 valence electrons.